The highest BCUT2D eigenvalue weighted by atomic mass is 35.5. The fraction of sp³-hybridized carbons (Fsp3) is 0.154. The van der Waals surface area contributed by atoms with Gasteiger partial charge in [0.25, 0.3) is 5.91 Å². The van der Waals surface area contributed by atoms with Crippen LogP contribution < -0.4 is 30.3 Å². The number of rotatable bonds is 10. The maximum atomic E-state index is 12.3. The minimum atomic E-state index is -0.947. The van der Waals surface area contributed by atoms with Crippen molar-refractivity contribution in [3.63, 3.8) is 0 Å². The number of benzene rings is 3. The Balaban J connectivity index is 1.53. The van der Waals surface area contributed by atoms with Crippen LogP contribution in [0.2, 0.25) is 10.0 Å². The van der Waals surface area contributed by atoms with Crippen LogP contribution in [0, 0.1) is 0 Å². The van der Waals surface area contributed by atoms with Crippen molar-refractivity contribution in [2.45, 2.75) is 6.54 Å². The maximum absolute atomic E-state index is 12.3. The topological polar surface area (TPSA) is 127 Å². The van der Waals surface area contributed by atoms with Crippen LogP contribution in [-0.2, 0) is 20.9 Å². The minimum absolute atomic E-state index is 0.139. The summed E-state index contributed by atoms with van der Waals surface area (Å²) in [6, 6.07) is 16.8. The minimum Gasteiger partial charge on any atom is -0.497 e. The van der Waals surface area contributed by atoms with E-state index in [1.165, 1.54) is 25.5 Å². The monoisotopic (exact) mass is 558 g/mol. The highest BCUT2D eigenvalue weighted by Crippen LogP contribution is 2.36. The lowest BCUT2D eigenvalue weighted by atomic mass is 10.2. The molecule has 0 aliphatic rings. The van der Waals surface area contributed by atoms with Gasteiger partial charge in [0, 0.05) is 6.54 Å². The molecular weight excluding hydrogens is 535 g/mol. The molecule has 198 valence electrons. The lowest BCUT2D eigenvalue weighted by Crippen LogP contribution is -2.37. The zero-order valence-electron chi connectivity index (χ0n) is 20.4. The summed E-state index contributed by atoms with van der Waals surface area (Å²) in [7, 11) is 2.96. The Hall–Kier alpha value is -4.28. The van der Waals surface area contributed by atoms with Crippen molar-refractivity contribution in [1.82, 2.24) is 10.7 Å². The van der Waals surface area contributed by atoms with Gasteiger partial charge in [-0.1, -0.05) is 47.5 Å². The first-order valence-corrected chi connectivity index (χ1v) is 11.8. The van der Waals surface area contributed by atoms with E-state index < -0.39 is 17.7 Å². The van der Waals surface area contributed by atoms with Crippen molar-refractivity contribution in [1.29, 1.82) is 0 Å². The molecule has 10 nitrogen and oxygen atoms in total. The van der Waals surface area contributed by atoms with Crippen LogP contribution >= 0.6 is 23.2 Å². The number of halogens is 2. The number of carbonyl (C=O) groups excluding carboxylic acids is 3. The molecule has 38 heavy (non-hydrogen) atoms. The van der Waals surface area contributed by atoms with Gasteiger partial charge in [-0.3, -0.25) is 14.4 Å². The summed E-state index contributed by atoms with van der Waals surface area (Å²) < 4.78 is 15.9. The van der Waals surface area contributed by atoms with E-state index in [1.54, 1.807) is 55.6 Å². The van der Waals surface area contributed by atoms with Crippen LogP contribution in [0.3, 0.4) is 0 Å². The number of para-hydroxylation sites is 1. The van der Waals surface area contributed by atoms with E-state index in [0.717, 1.165) is 5.56 Å². The third-order valence-electron chi connectivity index (χ3n) is 4.95. The highest BCUT2D eigenvalue weighted by Gasteiger charge is 2.15. The normalized spacial score (nSPS) is 10.5. The van der Waals surface area contributed by atoms with Gasteiger partial charge in [0.15, 0.2) is 18.1 Å². The van der Waals surface area contributed by atoms with E-state index in [-0.39, 0.29) is 29.7 Å². The number of carbonyl (C=O) groups is 3. The molecule has 0 fully saturated rings. The van der Waals surface area contributed by atoms with Crippen molar-refractivity contribution in [2.75, 3.05) is 26.1 Å². The molecule has 0 saturated heterocycles. The van der Waals surface area contributed by atoms with Crippen molar-refractivity contribution >= 4 is 52.8 Å². The van der Waals surface area contributed by atoms with E-state index in [2.05, 4.69) is 21.2 Å². The number of methoxy groups -OCH3 is 2. The number of ether oxygens (including phenoxy) is 3. The summed E-state index contributed by atoms with van der Waals surface area (Å²) in [5.41, 5.74) is 3.83. The standard InChI is InChI=1S/C26H24Cl2N4O6/c1-36-18-9-7-16(8-10-18)13-29-25(34)26(35)32-30-14-17-11-20(28)24(22(12-17)37-2)38-15-23(33)31-21-6-4-3-5-19(21)27/h3-12,14H,13,15H2,1-2H3,(H,29,34)(H,31,33)(H,32,35)/b30-14-. The molecule has 0 unspecified atom stereocenters. The van der Waals surface area contributed by atoms with Crippen LogP contribution in [0.15, 0.2) is 65.8 Å². The predicted octanol–water partition coefficient (Wildman–Crippen LogP) is 3.79. The van der Waals surface area contributed by atoms with Crippen LogP contribution in [0.4, 0.5) is 5.69 Å². The number of anilines is 1. The largest absolute Gasteiger partial charge is 0.497 e. The van der Waals surface area contributed by atoms with Gasteiger partial charge in [0.05, 0.1) is 36.2 Å². The molecule has 0 spiro atoms. The maximum Gasteiger partial charge on any atom is 0.329 e. The van der Waals surface area contributed by atoms with E-state index >= 15 is 0 Å². The molecule has 3 N–H and O–H groups in total. The van der Waals surface area contributed by atoms with Gasteiger partial charge in [-0.25, -0.2) is 5.43 Å². The average Bonchev–Trinajstić information content (AvgIpc) is 2.92. The molecule has 0 heterocycles. The second-order valence-electron chi connectivity index (χ2n) is 7.58. The summed E-state index contributed by atoms with van der Waals surface area (Å²) in [6.45, 7) is -0.193. The Bertz CT molecular complexity index is 1330. The predicted molar refractivity (Wildman–Crippen MR) is 144 cm³/mol. The lowest BCUT2D eigenvalue weighted by molar-refractivity contribution is -0.139. The second kappa shape index (κ2) is 13.9. The van der Waals surface area contributed by atoms with Gasteiger partial charge in [-0.2, -0.15) is 5.10 Å². The van der Waals surface area contributed by atoms with Crippen molar-refractivity contribution in [2.24, 2.45) is 5.10 Å². The number of hydrogen-bond donors (Lipinski definition) is 3. The summed E-state index contributed by atoms with van der Waals surface area (Å²) in [6.07, 6.45) is 1.27. The molecule has 0 radical (unpaired) electrons. The third-order valence-corrected chi connectivity index (χ3v) is 5.56. The molecule has 0 bridgehead atoms. The van der Waals surface area contributed by atoms with Crippen LogP contribution in [0.5, 0.6) is 17.2 Å². The first kappa shape index (κ1) is 28.3. The van der Waals surface area contributed by atoms with Crippen molar-refractivity contribution in [3.05, 3.63) is 81.8 Å². The number of hydrazone groups is 1. The molecule has 0 aliphatic carbocycles. The molecule has 3 aromatic rings. The van der Waals surface area contributed by atoms with Crippen molar-refractivity contribution < 1.29 is 28.6 Å². The quantitative estimate of drug-likeness (QED) is 0.197. The number of nitrogens with zero attached hydrogens (tertiary/aromatic N) is 1. The average molecular weight is 559 g/mol. The smallest absolute Gasteiger partial charge is 0.329 e. The summed E-state index contributed by atoms with van der Waals surface area (Å²) >= 11 is 12.4. The fourth-order valence-electron chi connectivity index (χ4n) is 3.06. The Kier molecular flexibility index (Phi) is 10.3. The third kappa shape index (κ3) is 8.12. The number of nitrogens with one attached hydrogen (secondary N) is 3. The molecule has 3 amide bonds. The van der Waals surface area contributed by atoms with E-state index in [1.807, 2.05) is 0 Å². The lowest BCUT2D eigenvalue weighted by Gasteiger charge is -2.13. The SMILES string of the molecule is COc1ccc(CNC(=O)C(=O)N/N=C\c2cc(Cl)c(OCC(=O)Nc3ccccc3Cl)c(OC)c2)cc1. The van der Waals surface area contributed by atoms with E-state index in [4.69, 9.17) is 37.4 Å². The van der Waals surface area contributed by atoms with Crippen molar-refractivity contribution in [3.8, 4) is 17.2 Å². The van der Waals surface area contributed by atoms with Gasteiger partial charge in [-0.05, 0) is 47.5 Å². The van der Waals surface area contributed by atoms with Gasteiger partial charge in [-0.15, -0.1) is 0 Å². The molecule has 3 rings (SSSR count). The Morgan fingerprint density at radius 1 is 0.921 bits per heavy atom. The second-order valence-corrected chi connectivity index (χ2v) is 8.40. The van der Waals surface area contributed by atoms with Gasteiger partial charge < -0.3 is 24.8 Å². The number of amides is 3. The zero-order valence-corrected chi connectivity index (χ0v) is 21.9. The zero-order chi connectivity index (χ0) is 27.5. The first-order chi connectivity index (χ1) is 18.3. The van der Waals surface area contributed by atoms with Crippen LogP contribution in [0.1, 0.15) is 11.1 Å². The van der Waals surface area contributed by atoms with Crippen LogP contribution in [-0.4, -0.2) is 44.8 Å². The molecule has 0 saturated carbocycles. The molecule has 0 aliphatic heterocycles. The molecule has 3 aromatic carbocycles. The Labute approximate surface area is 228 Å². The van der Waals surface area contributed by atoms with Crippen LogP contribution in [0.25, 0.3) is 0 Å². The number of hydrogen-bond acceptors (Lipinski definition) is 7. The fourth-order valence-corrected chi connectivity index (χ4v) is 3.52. The Morgan fingerprint density at radius 2 is 1.66 bits per heavy atom. The van der Waals surface area contributed by atoms with Gasteiger partial charge in [0.2, 0.25) is 0 Å². The highest BCUT2D eigenvalue weighted by molar-refractivity contribution is 6.35. The molecule has 0 aromatic heterocycles. The summed E-state index contributed by atoms with van der Waals surface area (Å²) in [5.74, 6) is -1.20. The van der Waals surface area contributed by atoms with Gasteiger partial charge >= 0.3 is 11.8 Å². The Morgan fingerprint density at radius 3 is 2.34 bits per heavy atom. The molecule has 0 atom stereocenters. The molecular formula is C26H24Cl2N4O6. The summed E-state index contributed by atoms with van der Waals surface area (Å²) in [5, 5.41) is 9.45. The first-order valence-electron chi connectivity index (χ1n) is 11.1. The van der Waals surface area contributed by atoms with Gasteiger partial charge in [0.1, 0.15) is 5.75 Å². The van der Waals surface area contributed by atoms with E-state index in [9.17, 15) is 14.4 Å². The van der Waals surface area contributed by atoms with E-state index in [0.29, 0.717) is 22.0 Å². The summed E-state index contributed by atoms with van der Waals surface area (Å²) in [4.78, 5) is 36.3. The molecule has 12 heteroatoms.